The van der Waals surface area contributed by atoms with Crippen LogP contribution in [0.2, 0.25) is 0 Å². The number of rotatable bonds is 9. The monoisotopic (exact) mass is 373 g/mol. The predicted octanol–water partition coefficient (Wildman–Crippen LogP) is 3.53. The number of nitrogens with one attached hydrogen (secondary N) is 1. The molecule has 2 aromatic carbocycles. The number of carbonyl (C=O) groups is 1. The van der Waals surface area contributed by atoms with E-state index in [1.165, 1.54) is 0 Å². The van der Waals surface area contributed by atoms with E-state index in [4.69, 9.17) is 18.9 Å². The minimum atomic E-state index is -0.206. The van der Waals surface area contributed by atoms with Gasteiger partial charge in [-0.15, -0.1) is 0 Å². The Morgan fingerprint density at radius 1 is 0.889 bits per heavy atom. The van der Waals surface area contributed by atoms with Gasteiger partial charge in [-0.05, 0) is 49.2 Å². The first-order valence-corrected chi connectivity index (χ1v) is 8.74. The summed E-state index contributed by atoms with van der Waals surface area (Å²) in [5.41, 5.74) is 1.85. The van der Waals surface area contributed by atoms with Crippen molar-refractivity contribution in [2.75, 3.05) is 28.4 Å². The summed E-state index contributed by atoms with van der Waals surface area (Å²) in [5.74, 6) is 2.80. The van der Waals surface area contributed by atoms with Gasteiger partial charge in [0, 0.05) is 18.1 Å². The van der Waals surface area contributed by atoms with Gasteiger partial charge in [-0.25, -0.2) is 0 Å². The van der Waals surface area contributed by atoms with Gasteiger partial charge in [0.05, 0.1) is 34.5 Å². The van der Waals surface area contributed by atoms with Gasteiger partial charge in [-0.2, -0.15) is 0 Å². The molecule has 2 aromatic rings. The molecule has 6 nitrogen and oxygen atoms in total. The number of hydrogen-bond acceptors (Lipinski definition) is 5. The summed E-state index contributed by atoms with van der Waals surface area (Å²) in [5, 5.41) is 3.01. The zero-order valence-electron chi connectivity index (χ0n) is 16.5. The molecule has 1 amide bonds. The van der Waals surface area contributed by atoms with E-state index in [2.05, 4.69) is 5.32 Å². The fourth-order valence-corrected chi connectivity index (χ4v) is 2.84. The van der Waals surface area contributed by atoms with E-state index >= 15 is 0 Å². The zero-order chi connectivity index (χ0) is 19.8. The van der Waals surface area contributed by atoms with Crippen LogP contribution in [-0.2, 0) is 11.2 Å². The first-order valence-electron chi connectivity index (χ1n) is 8.74. The Morgan fingerprint density at radius 3 is 2.07 bits per heavy atom. The minimum Gasteiger partial charge on any atom is -0.497 e. The van der Waals surface area contributed by atoms with Crippen LogP contribution in [0.3, 0.4) is 0 Å². The standard InChI is InChI=1S/C21H27NO5/c1-14(19-13-16(24-2)7-8-20(19)27-5)22-21(23)9-6-15-10-17(25-3)12-18(11-15)26-4/h7-8,10-14H,6,9H2,1-5H3,(H,22,23). The van der Waals surface area contributed by atoms with E-state index in [0.29, 0.717) is 30.1 Å². The van der Waals surface area contributed by atoms with Gasteiger partial charge in [-0.3, -0.25) is 4.79 Å². The minimum absolute atomic E-state index is 0.0471. The fourth-order valence-electron chi connectivity index (χ4n) is 2.84. The number of amides is 1. The van der Waals surface area contributed by atoms with Crippen molar-refractivity contribution in [3.05, 3.63) is 47.5 Å². The molecular weight excluding hydrogens is 346 g/mol. The number of benzene rings is 2. The molecule has 0 radical (unpaired) electrons. The second kappa shape index (κ2) is 9.71. The fraction of sp³-hybridized carbons (Fsp3) is 0.381. The zero-order valence-corrected chi connectivity index (χ0v) is 16.5. The molecule has 0 aliphatic rings. The summed E-state index contributed by atoms with van der Waals surface area (Å²) in [6.45, 7) is 1.92. The van der Waals surface area contributed by atoms with E-state index in [-0.39, 0.29) is 11.9 Å². The molecule has 1 atom stereocenters. The third-order valence-electron chi connectivity index (χ3n) is 4.33. The van der Waals surface area contributed by atoms with Crippen LogP contribution in [0.5, 0.6) is 23.0 Å². The normalized spacial score (nSPS) is 11.4. The molecule has 6 heteroatoms. The smallest absolute Gasteiger partial charge is 0.220 e. The Labute approximate surface area is 160 Å². The number of methoxy groups -OCH3 is 4. The molecule has 0 saturated carbocycles. The van der Waals surface area contributed by atoms with Crippen LogP contribution in [0, 0.1) is 0 Å². The van der Waals surface area contributed by atoms with Gasteiger partial charge < -0.3 is 24.3 Å². The summed E-state index contributed by atoms with van der Waals surface area (Å²) in [6, 6.07) is 10.9. The quantitative estimate of drug-likeness (QED) is 0.728. The third kappa shape index (κ3) is 5.54. The SMILES string of the molecule is COc1cc(CCC(=O)NC(C)c2cc(OC)ccc2OC)cc(OC)c1. The van der Waals surface area contributed by atoms with Crippen molar-refractivity contribution in [3.8, 4) is 23.0 Å². The average molecular weight is 373 g/mol. The van der Waals surface area contributed by atoms with Gasteiger partial charge in [0.1, 0.15) is 23.0 Å². The van der Waals surface area contributed by atoms with Crippen molar-refractivity contribution in [1.29, 1.82) is 0 Å². The lowest BCUT2D eigenvalue weighted by atomic mass is 10.1. The third-order valence-corrected chi connectivity index (χ3v) is 4.33. The second-order valence-corrected chi connectivity index (χ2v) is 6.12. The lowest BCUT2D eigenvalue weighted by Gasteiger charge is -2.18. The van der Waals surface area contributed by atoms with Crippen molar-refractivity contribution in [3.63, 3.8) is 0 Å². The summed E-state index contributed by atoms with van der Waals surface area (Å²) in [7, 11) is 6.43. The molecule has 146 valence electrons. The maximum atomic E-state index is 12.4. The molecule has 27 heavy (non-hydrogen) atoms. The molecule has 0 saturated heterocycles. The first-order chi connectivity index (χ1) is 13.0. The molecule has 1 N–H and O–H groups in total. The maximum Gasteiger partial charge on any atom is 0.220 e. The molecule has 0 aliphatic carbocycles. The van der Waals surface area contributed by atoms with E-state index in [0.717, 1.165) is 16.9 Å². The molecular formula is C21H27NO5. The van der Waals surface area contributed by atoms with Crippen molar-refractivity contribution in [2.45, 2.75) is 25.8 Å². The Balaban J connectivity index is 2.02. The summed E-state index contributed by atoms with van der Waals surface area (Å²) < 4.78 is 21.2. The van der Waals surface area contributed by atoms with Crippen LogP contribution in [0.15, 0.2) is 36.4 Å². The van der Waals surface area contributed by atoms with Gasteiger partial charge in [0.25, 0.3) is 0 Å². The van der Waals surface area contributed by atoms with Crippen molar-refractivity contribution >= 4 is 5.91 Å². The maximum absolute atomic E-state index is 12.4. The highest BCUT2D eigenvalue weighted by atomic mass is 16.5. The summed E-state index contributed by atoms with van der Waals surface area (Å²) in [6.07, 6.45) is 0.939. The molecule has 0 bridgehead atoms. The Kier molecular flexibility index (Phi) is 7.34. The van der Waals surface area contributed by atoms with Crippen molar-refractivity contribution in [1.82, 2.24) is 5.32 Å². The van der Waals surface area contributed by atoms with Crippen LogP contribution in [0.1, 0.15) is 30.5 Å². The summed E-state index contributed by atoms with van der Waals surface area (Å²) >= 11 is 0. The highest BCUT2D eigenvalue weighted by molar-refractivity contribution is 5.77. The molecule has 0 fully saturated rings. The Bertz CT molecular complexity index is 753. The van der Waals surface area contributed by atoms with E-state index < -0.39 is 0 Å². The lowest BCUT2D eigenvalue weighted by Crippen LogP contribution is -2.27. The van der Waals surface area contributed by atoms with E-state index in [1.54, 1.807) is 34.5 Å². The molecule has 0 aromatic heterocycles. The number of carbonyl (C=O) groups excluding carboxylic acids is 1. The molecule has 2 rings (SSSR count). The predicted molar refractivity (Wildman–Crippen MR) is 104 cm³/mol. The second-order valence-electron chi connectivity index (χ2n) is 6.12. The van der Waals surface area contributed by atoms with Crippen molar-refractivity contribution < 1.29 is 23.7 Å². The molecule has 0 heterocycles. The van der Waals surface area contributed by atoms with E-state index in [9.17, 15) is 4.79 Å². The number of aryl methyl sites for hydroxylation is 1. The van der Waals surface area contributed by atoms with Crippen LogP contribution in [0.25, 0.3) is 0 Å². The molecule has 0 spiro atoms. The van der Waals surface area contributed by atoms with Crippen LogP contribution in [0.4, 0.5) is 0 Å². The van der Waals surface area contributed by atoms with Gasteiger partial charge in [0.15, 0.2) is 0 Å². The average Bonchev–Trinajstić information content (AvgIpc) is 2.71. The molecule has 1 unspecified atom stereocenters. The number of ether oxygens (including phenoxy) is 4. The largest absolute Gasteiger partial charge is 0.497 e. The number of hydrogen-bond donors (Lipinski definition) is 1. The highest BCUT2D eigenvalue weighted by Crippen LogP contribution is 2.29. The lowest BCUT2D eigenvalue weighted by molar-refractivity contribution is -0.121. The van der Waals surface area contributed by atoms with Crippen LogP contribution in [-0.4, -0.2) is 34.3 Å². The topological polar surface area (TPSA) is 66.0 Å². The van der Waals surface area contributed by atoms with Crippen LogP contribution >= 0.6 is 0 Å². The van der Waals surface area contributed by atoms with Gasteiger partial charge in [0.2, 0.25) is 5.91 Å². The van der Waals surface area contributed by atoms with E-state index in [1.807, 2.05) is 37.3 Å². The first kappa shape index (κ1) is 20.4. The van der Waals surface area contributed by atoms with Crippen LogP contribution < -0.4 is 24.3 Å². The Morgan fingerprint density at radius 2 is 1.52 bits per heavy atom. The van der Waals surface area contributed by atoms with Crippen molar-refractivity contribution in [2.24, 2.45) is 0 Å². The van der Waals surface area contributed by atoms with Gasteiger partial charge >= 0.3 is 0 Å². The Hall–Kier alpha value is -2.89. The molecule has 0 aliphatic heterocycles. The summed E-state index contributed by atoms with van der Waals surface area (Å²) in [4.78, 5) is 12.4. The highest BCUT2D eigenvalue weighted by Gasteiger charge is 2.15. The van der Waals surface area contributed by atoms with Gasteiger partial charge in [-0.1, -0.05) is 0 Å².